The molecule has 0 aliphatic carbocycles. The Morgan fingerprint density at radius 3 is 1.30 bits per heavy atom. The van der Waals surface area contributed by atoms with Crippen molar-refractivity contribution in [3.63, 3.8) is 0 Å². The first-order valence-corrected chi connectivity index (χ1v) is 11.9. The molecule has 4 fully saturated rings. The van der Waals surface area contributed by atoms with E-state index in [1.54, 1.807) is 0 Å². The Morgan fingerprint density at radius 1 is 0.533 bits per heavy atom. The standard InChI is InChI=1S/C26H34N4/c1-19-17-23(21-9-5-3-6-10-21)29-16-14-28-20(2)18-24(22-11-7-4-8-12-22)30-15-13-27(19)25(29)26(28)30/h3-12,19-20,23-26H,13-18H2,1-2H3/t19-,20+,23-,24+,25-,26-/m1/s1. The van der Waals surface area contributed by atoms with Crippen molar-refractivity contribution in [1.82, 2.24) is 19.6 Å². The average Bonchev–Trinajstić information content (AvgIpc) is 2.80. The van der Waals surface area contributed by atoms with Gasteiger partial charge in [-0.25, -0.2) is 0 Å². The highest BCUT2D eigenvalue weighted by Gasteiger charge is 2.55. The van der Waals surface area contributed by atoms with Crippen LogP contribution < -0.4 is 0 Å². The van der Waals surface area contributed by atoms with E-state index in [4.69, 9.17) is 0 Å². The molecule has 4 aliphatic rings. The lowest BCUT2D eigenvalue weighted by molar-refractivity contribution is -0.230. The van der Waals surface area contributed by atoms with Crippen LogP contribution in [0.2, 0.25) is 0 Å². The summed E-state index contributed by atoms with van der Waals surface area (Å²) in [7, 11) is 0. The molecule has 4 heteroatoms. The Kier molecular flexibility index (Phi) is 4.72. The lowest BCUT2D eigenvalue weighted by atomic mass is 9.85. The van der Waals surface area contributed by atoms with E-state index >= 15 is 0 Å². The number of nitrogens with zero attached hydrogens (tertiary/aromatic N) is 4. The Balaban J connectivity index is 1.39. The predicted molar refractivity (Wildman–Crippen MR) is 121 cm³/mol. The van der Waals surface area contributed by atoms with Gasteiger partial charge in [-0.05, 0) is 37.8 Å². The van der Waals surface area contributed by atoms with E-state index in [-0.39, 0.29) is 0 Å². The first kappa shape index (κ1) is 19.0. The zero-order valence-corrected chi connectivity index (χ0v) is 18.3. The molecule has 2 aromatic rings. The van der Waals surface area contributed by atoms with E-state index in [1.165, 1.54) is 50.1 Å². The molecule has 6 rings (SSSR count). The monoisotopic (exact) mass is 402 g/mol. The summed E-state index contributed by atoms with van der Waals surface area (Å²) in [6, 6.07) is 24.9. The fraction of sp³-hybridized carbons (Fsp3) is 0.538. The number of benzene rings is 2. The Bertz CT molecular complexity index is 798. The second kappa shape index (κ2) is 7.45. The lowest BCUT2D eigenvalue weighted by Crippen LogP contribution is -2.79. The van der Waals surface area contributed by atoms with E-state index in [0.29, 0.717) is 36.5 Å². The molecule has 0 spiro atoms. The predicted octanol–water partition coefficient (Wildman–Crippen LogP) is 3.94. The Morgan fingerprint density at radius 2 is 0.900 bits per heavy atom. The van der Waals surface area contributed by atoms with Crippen LogP contribution in [-0.4, -0.2) is 70.2 Å². The Hall–Kier alpha value is -1.72. The summed E-state index contributed by atoms with van der Waals surface area (Å²) in [4.78, 5) is 11.4. The van der Waals surface area contributed by atoms with E-state index in [0.717, 1.165) is 0 Å². The van der Waals surface area contributed by atoms with Gasteiger partial charge in [0.2, 0.25) is 0 Å². The topological polar surface area (TPSA) is 13.0 Å². The number of hydrogen-bond donors (Lipinski definition) is 0. The fourth-order valence-electron chi connectivity index (χ4n) is 6.89. The molecule has 4 saturated heterocycles. The third kappa shape index (κ3) is 2.89. The molecule has 4 heterocycles. The molecule has 4 nitrogen and oxygen atoms in total. The highest BCUT2D eigenvalue weighted by Crippen LogP contribution is 2.47. The lowest BCUT2D eigenvalue weighted by Gasteiger charge is -2.67. The number of rotatable bonds is 2. The van der Waals surface area contributed by atoms with Gasteiger partial charge in [-0.15, -0.1) is 0 Å². The first-order chi connectivity index (χ1) is 14.7. The zero-order valence-electron chi connectivity index (χ0n) is 18.3. The van der Waals surface area contributed by atoms with Gasteiger partial charge in [-0.2, -0.15) is 0 Å². The summed E-state index contributed by atoms with van der Waals surface area (Å²) in [6.45, 7) is 9.65. The van der Waals surface area contributed by atoms with Crippen molar-refractivity contribution in [2.45, 2.75) is 63.2 Å². The van der Waals surface area contributed by atoms with Crippen LogP contribution in [0.25, 0.3) is 0 Å². The molecule has 4 aliphatic heterocycles. The van der Waals surface area contributed by atoms with E-state index in [1.807, 2.05) is 0 Å². The average molecular weight is 403 g/mol. The van der Waals surface area contributed by atoms with Crippen molar-refractivity contribution < 1.29 is 0 Å². The van der Waals surface area contributed by atoms with Gasteiger partial charge < -0.3 is 0 Å². The molecule has 30 heavy (non-hydrogen) atoms. The van der Waals surface area contributed by atoms with Gasteiger partial charge in [-0.3, -0.25) is 19.6 Å². The summed E-state index contributed by atoms with van der Waals surface area (Å²) in [5.41, 5.74) is 3.00. The van der Waals surface area contributed by atoms with Crippen molar-refractivity contribution in [2.24, 2.45) is 0 Å². The van der Waals surface area contributed by atoms with Crippen LogP contribution in [0.3, 0.4) is 0 Å². The maximum atomic E-state index is 2.85. The molecule has 0 unspecified atom stereocenters. The normalized spacial score (nSPS) is 37.7. The molecule has 0 radical (unpaired) electrons. The van der Waals surface area contributed by atoms with E-state index in [2.05, 4.69) is 94.1 Å². The van der Waals surface area contributed by atoms with Crippen LogP contribution >= 0.6 is 0 Å². The van der Waals surface area contributed by atoms with E-state index < -0.39 is 0 Å². The Labute approximate surface area is 181 Å². The van der Waals surface area contributed by atoms with Gasteiger partial charge in [0.25, 0.3) is 0 Å². The molecular weight excluding hydrogens is 368 g/mol. The summed E-state index contributed by atoms with van der Waals surface area (Å²) in [6.07, 6.45) is 3.47. The SMILES string of the molecule is C[C@@H]1C[C@H](c2ccccc2)N2CCN3[C@H]4[C@@H]2N1CCN4[C@H](c1ccccc1)C[C@@H]3C. The second-order valence-corrected chi connectivity index (χ2v) is 9.80. The van der Waals surface area contributed by atoms with Gasteiger partial charge in [0.05, 0.1) is 12.3 Å². The van der Waals surface area contributed by atoms with Gasteiger partial charge in [0, 0.05) is 50.3 Å². The second-order valence-electron chi connectivity index (χ2n) is 9.80. The van der Waals surface area contributed by atoms with Crippen molar-refractivity contribution in [3.05, 3.63) is 71.8 Å². The maximum absolute atomic E-state index is 2.85. The van der Waals surface area contributed by atoms with Crippen LogP contribution in [0.5, 0.6) is 0 Å². The van der Waals surface area contributed by atoms with Crippen LogP contribution in [0.1, 0.15) is 49.9 Å². The summed E-state index contributed by atoms with van der Waals surface area (Å²) < 4.78 is 0. The highest BCUT2D eigenvalue weighted by atomic mass is 15.6. The summed E-state index contributed by atoms with van der Waals surface area (Å²) in [5, 5.41) is 0. The minimum Gasteiger partial charge on any atom is -0.281 e. The van der Waals surface area contributed by atoms with Crippen molar-refractivity contribution >= 4 is 0 Å². The van der Waals surface area contributed by atoms with Gasteiger partial charge in [0.1, 0.15) is 0 Å². The maximum Gasteiger partial charge on any atom is 0.0930 e. The zero-order chi connectivity index (χ0) is 20.2. The van der Waals surface area contributed by atoms with Crippen LogP contribution in [0.4, 0.5) is 0 Å². The molecule has 0 aromatic heterocycles. The van der Waals surface area contributed by atoms with Crippen LogP contribution in [0, 0.1) is 0 Å². The first-order valence-electron chi connectivity index (χ1n) is 11.9. The van der Waals surface area contributed by atoms with Crippen molar-refractivity contribution in [2.75, 3.05) is 26.2 Å². The largest absolute Gasteiger partial charge is 0.281 e. The molecule has 6 atom stereocenters. The third-order valence-electron chi connectivity index (χ3n) is 8.29. The van der Waals surface area contributed by atoms with Crippen LogP contribution in [0.15, 0.2) is 60.7 Å². The number of piperazine rings is 2. The molecule has 2 aromatic carbocycles. The number of hydrogen-bond acceptors (Lipinski definition) is 4. The van der Waals surface area contributed by atoms with E-state index in [9.17, 15) is 0 Å². The minimum absolute atomic E-state index is 0.496. The molecular formula is C26H34N4. The third-order valence-corrected chi connectivity index (χ3v) is 8.29. The fourth-order valence-corrected chi connectivity index (χ4v) is 6.89. The molecule has 0 bridgehead atoms. The molecule has 0 saturated carbocycles. The van der Waals surface area contributed by atoms with Gasteiger partial charge >= 0.3 is 0 Å². The molecule has 0 N–H and O–H groups in total. The highest BCUT2D eigenvalue weighted by molar-refractivity contribution is 5.24. The van der Waals surface area contributed by atoms with Crippen LogP contribution in [-0.2, 0) is 0 Å². The quantitative estimate of drug-likeness (QED) is 0.754. The summed E-state index contributed by atoms with van der Waals surface area (Å²) >= 11 is 0. The van der Waals surface area contributed by atoms with Crippen molar-refractivity contribution in [1.29, 1.82) is 0 Å². The minimum atomic E-state index is 0.496. The molecule has 0 amide bonds. The van der Waals surface area contributed by atoms with Crippen molar-refractivity contribution in [3.8, 4) is 0 Å². The molecule has 158 valence electrons. The van der Waals surface area contributed by atoms with Gasteiger partial charge in [-0.1, -0.05) is 60.7 Å². The summed E-state index contributed by atoms with van der Waals surface area (Å²) in [5.74, 6) is 0. The smallest absolute Gasteiger partial charge is 0.0930 e. The van der Waals surface area contributed by atoms with Gasteiger partial charge in [0.15, 0.2) is 0 Å².